The smallest absolute Gasteiger partial charge is 0.387 e. The summed E-state index contributed by atoms with van der Waals surface area (Å²) < 4.78 is 28.4. The minimum Gasteiger partial charge on any atom is -0.481 e. The van der Waals surface area contributed by atoms with Crippen molar-refractivity contribution >= 4 is 12.3 Å². The molecule has 1 aromatic rings. The third-order valence-corrected chi connectivity index (χ3v) is 2.27. The average molecular weight is 244 g/mol. The number of hydrogen-bond donors (Lipinski definition) is 1. The Bertz CT molecular complexity index is 443. The van der Waals surface area contributed by atoms with Crippen molar-refractivity contribution in [2.45, 2.75) is 20.0 Å². The third-order valence-electron chi connectivity index (χ3n) is 2.27. The zero-order valence-corrected chi connectivity index (χ0v) is 8.94. The van der Waals surface area contributed by atoms with Crippen molar-refractivity contribution in [3.63, 3.8) is 0 Å². The lowest BCUT2D eigenvalue weighted by atomic mass is 9.99. The van der Waals surface area contributed by atoms with Gasteiger partial charge >= 0.3 is 12.6 Å². The molecular weight excluding hydrogens is 234 g/mol. The van der Waals surface area contributed by atoms with Gasteiger partial charge < -0.3 is 9.84 Å². The summed E-state index contributed by atoms with van der Waals surface area (Å²) in [5.41, 5.74) is 0.672. The van der Waals surface area contributed by atoms with Crippen LogP contribution < -0.4 is 4.74 Å². The summed E-state index contributed by atoms with van der Waals surface area (Å²) in [6.07, 6.45) is 0.0579. The third kappa shape index (κ3) is 3.24. The van der Waals surface area contributed by atoms with E-state index in [1.54, 1.807) is 0 Å². The van der Waals surface area contributed by atoms with E-state index in [1.807, 2.05) is 0 Å². The maximum atomic E-state index is 12.1. The van der Waals surface area contributed by atoms with Crippen LogP contribution >= 0.6 is 0 Å². The second-order valence-corrected chi connectivity index (χ2v) is 3.32. The zero-order valence-electron chi connectivity index (χ0n) is 8.94. The number of benzene rings is 1. The molecular formula is C11H10F2O4. The van der Waals surface area contributed by atoms with Crippen LogP contribution in [0.1, 0.15) is 21.5 Å². The highest BCUT2D eigenvalue weighted by Gasteiger charge is 2.16. The summed E-state index contributed by atoms with van der Waals surface area (Å²) in [4.78, 5) is 21.3. The Balaban J connectivity index is 3.24. The number of carbonyl (C=O) groups is 2. The van der Waals surface area contributed by atoms with Gasteiger partial charge in [0.2, 0.25) is 0 Å². The fourth-order valence-electron chi connectivity index (χ4n) is 1.46. The minimum absolute atomic E-state index is 0.0856. The van der Waals surface area contributed by atoms with E-state index in [-0.39, 0.29) is 16.9 Å². The number of aliphatic carboxylic acids is 1. The molecule has 0 bridgehead atoms. The second kappa shape index (κ2) is 5.38. The first kappa shape index (κ1) is 13.1. The SMILES string of the molecule is Cc1c(C=O)ccc(OC(F)F)c1CC(=O)O. The number of rotatable bonds is 5. The van der Waals surface area contributed by atoms with Crippen LogP contribution in [-0.2, 0) is 11.2 Å². The quantitative estimate of drug-likeness (QED) is 0.805. The Hall–Kier alpha value is -1.98. The van der Waals surface area contributed by atoms with Crippen LogP contribution in [0.4, 0.5) is 8.78 Å². The van der Waals surface area contributed by atoms with Gasteiger partial charge in [-0.3, -0.25) is 9.59 Å². The molecule has 0 aliphatic rings. The van der Waals surface area contributed by atoms with E-state index in [9.17, 15) is 18.4 Å². The van der Waals surface area contributed by atoms with Gasteiger partial charge in [-0.2, -0.15) is 8.78 Å². The van der Waals surface area contributed by atoms with Crippen molar-refractivity contribution in [1.29, 1.82) is 0 Å². The van der Waals surface area contributed by atoms with Crippen LogP contribution in [-0.4, -0.2) is 24.0 Å². The molecule has 0 aliphatic carbocycles. The van der Waals surface area contributed by atoms with E-state index in [0.717, 1.165) is 0 Å². The van der Waals surface area contributed by atoms with Gasteiger partial charge in [0, 0.05) is 11.1 Å². The Kier molecular flexibility index (Phi) is 4.14. The highest BCUT2D eigenvalue weighted by Crippen LogP contribution is 2.26. The average Bonchev–Trinajstić information content (AvgIpc) is 2.22. The van der Waals surface area contributed by atoms with Crippen molar-refractivity contribution < 1.29 is 28.2 Å². The Morgan fingerprint density at radius 2 is 2.18 bits per heavy atom. The van der Waals surface area contributed by atoms with Gasteiger partial charge in [0.25, 0.3) is 0 Å². The molecule has 0 fully saturated rings. The fraction of sp³-hybridized carbons (Fsp3) is 0.273. The van der Waals surface area contributed by atoms with Crippen LogP contribution in [0, 0.1) is 6.92 Å². The molecule has 0 spiro atoms. The monoisotopic (exact) mass is 244 g/mol. The molecule has 0 saturated heterocycles. The van der Waals surface area contributed by atoms with Gasteiger partial charge in [-0.1, -0.05) is 0 Å². The van der Waals surface area contributed by atoms with Crippen LogP contribution in [0.5, 0.6) is 5.75 Å². The number of aldehydes is 1. The Morgan fingerprint density at radius 1 is 1.53 bits per heavy atom. The van der Waals surface area contributed by atoms with Gasteiger partial charge in [0.15, 0.2) is 0 Å². The minimum atomic E-state index is -3.04. The Labute approximate surface area is 95.8 Å². The molecule has 0 heterocycles. The molecule has 0 unspecified atom stereocenters. The number of ether oxygens (including phenoxy) is 1. The summed E-state index contributed by atoms with van der Waals surface area (Å²) in [6.45, 7) is -1.55. The second-order valence-electron chi connectivity index (χ2n) is 3.32. The lowest BCUT2D eigenvalue weighted by molar-refractivity contribution is -0.136. The van der Waals surface area contributed by atoms with E-state index in [4.69, 9.17) is 5.11 Å². The standard InChI is InChI=1S/C11H10F2O4/c1-6-7(5-14)2-3-9(17-11(12)13)8(6)4-10(15)16/h2-3,5,11H,4H2,1H3,(H,15,16). The molecule has 0 radical (unpaired) electrons. The summed E-state index contributed by atoms with van der Waals surface area (Å²) >= 11 is 0. The van der Waals surface area contributed by atoms with Gasteiger partial charge in [-0.25, -0.2) is 0 Å². The molecule has 0 aromatic heterocycles. The van der Waals surface area contributed by atoms with E-state index in [0.29, 0.717) is 11.8 Å². The highest BCUT2D eigenvalue weighted by atomic mass is 19.3. The molecule has 1 N–H and O–H groups in total. The van der Waals surface area contributed by atoms with E-state index in [2.05, 4.69) is 4.74 Å². The van der Waals surface area contributed by atoms with Crippen molar-refractivity contribution in [1.82, 2.24) is 0 Å². The lowest BCUT2D eigenvalue weighted by Gasteiger charge is -2.13. The number of carboxylic acid groups (broad SMARTS) is 1. The molecule has 0 aliphatic heterocycles. The van der Waals surface area contributed by atoms with Gasteiger partial charge in [0.1, 0.15) is 12.0 Å². The predicted molar refractivity (Wildman–Crippen MR) is 54.5 cm³/mol. The summed E-state index contributed by atoms with van der Waals surface area (Å²) in [6, 6.07) is 2.48. The molecule has 6 heteroatoms. The highest BCUT2D eigenvalue weighted by molar-refractivity contribution is 5.80. The van der Waals surface area contributed by atoms with Gasteiger partial charge in [0.05, 0.1) is 6.42 Å². The summed E-state index contributed by atoms with van der Waals surface area (Å²) in [7, 11) is 0. The number of halogens is 2. The maximum absolute atomic E-state index is 12.1. The van der Waals surface area contributed by atoms with Crippen LogP contribution in [0.25, 0.3) is 0 Å². The molecule has 0 amide bonds. The molecule has 1 aromatic carbocycles. The van der Waals surface area contributed by atoms with E-state index in [1.165, 1.54) is 19.1 Å². The van der Waals surface area contributed by atoms with E-state index >= 15 is 0 Å². The predicted octanol–water partition coefficient (Wildman–Crippen LogP) is 2.04. The fourth-order valence-corrected chi connectivity index (χ4v) is 1.46. The topological polar surface area (TPSA) is 63.6 Å². The van der Waals surface area contributed by atoms with Crippen LogP contribution in [0.2, 0.25) is 0 Å². The molecule has 92 valence electrons. The van der Waals surface area contributed by atoms with Crippen molar-refractivity contribution in [3.05, 3.63) is 28.8 Å². The first-order chi connectivity index (χ1) is 7.95. The number of carboxylic acids is 1. The van der Waals surface area contributed by atoms with Crippen molar-refractivity contribution in [3.8, 4) is 5.75 Å². The first-order valence-corrected chi connectivity index (χ1v) is 4.70. The van der Waals surface area contributed by atoms with E-state index < -0.39 is 19.0 Å². The van der Waals surface area contributed by atoms with Crippen LogP contribution in [0.15, 0.2) is 12.1 Å². The molecule has 4 nitrogen and oxygen atoms in total. The van der Waals surface area contributed by atoms with Gasteiger partial charge in [-0.15, -0.1) is 0 Å². The zero-order chi connectivity index (χ0) is 13.0. The largest absolute Gasteiger partial charge is 0.481 e. The number of alkyl halides is 2. The number of hydrogen-bond acceptors (Lipinski definition) is 3. The van der Waals surface area contributed by atoms with Crippen molar-refractivity contribution in [2.75, 3.05) is 0 Å². The van der Waals surface area contributed by atoms with Crippen LogP contribution in [0.3, 0.4) is 0 Å². The summed E-state index contributed by atoms with van der Waals surface area (Å²) in [5.74, 6) is -1.40. The normalized spacial score (nSPS) is 10.4. The molecule has 0 atom stereocenters. The van der Waals surface area contributed by atoms with Gasteiger partial charge in [-0.05, 0) is 24.6 Å². The first-order valence-electron chi connectivity index (χ1n) is 4.70. The molecule has 0 saturated carbocycles. The maximum Gasteiger partial charge on any atom is 0.387 e. The summed E-state index contributed by atoms with van der Waals surface area (Å²) in [5, 5.41) is 8.68. The molecule has 1 rings (SSSR count). The lowest BCUT2D eigenvalue weighted by Crippen LogP contribution is -2.10. The Morgan fingerprint density at radius 3 is 2.65 bits per heavy atom. The molecule has 17 heavy (non-hydrogen) atoms. The number of carbonyl (C=O) groups excluding carboxylic acids is 1. The van der Waals surface area contributed by atoms with Crippen molar-refractivity contribution in [2.24, 2.45) is 0 Å².